The van der Waals surface area contributed by atoms with Gasteiger partial charge in [0.1, 0.15) is 22.5 Å². The molecule has 0 saturated carbocycles. The molecule has 2 N–H and O–H groups in total. The van der Waals surface area contributed by atoms with E-state index in [1.165, 1.54) is 15.4 Å². The van der Waals surface area contributed by atoms with Gasteiger partial charge in [0, 0.05) is 36.3 Å². The van der Waals surface area contributed by atoms with Crippen molar-refractivity contribution in [2.24, 2.45) is 0 Å². The van der Waals surface area contributed by atoms with Gasteiger partial charge in [-0.05, 0) is 83.9 Å². The van der Waals surface area contributed by atoms with E-state index in [-0.39, 0.29) is 12.1 Å². The molecule has 208 valence electrons. The second-order valence-corrected chi connectivity index (χ2v) is 12.2. The SMILES string of the molecule is C/C=C(/C)SC(=C(C)C)c1cccc(Oc2ccnc3[nH]nc(NC4CCCN(C(=O)OC(C)(C)C)C4)c23)c1. The summed E-state index contributed by atoms with van der Waals surface area (Å²) in [6.07, 6.45) is 5.34. The van der Waals surface area contributed by atoms with E-state index in [0.717, 1.165) is 29.5 Å². The predicted octanol–water partition coefficient (Wildman–Crippen LogP) is 7.97. The maximum Gasteiger partial charge on any atom is 0.410 e. The van der Waals surface area contributed by atoms with Gasteiger partial charge in [-0.25, -0.2) is 9.78 Å². The smallest absolute Gasteiger partial charge is 0.410 e. The Labute approximate surface area is 235 Å². The van der Waals surface area contributed by atoms with E-state index in [9.17, 15) is 4.79 Å². The number of carbonyl (C=O) groups excluding carboxylic acids is 1. The topological polar surface area (TPSA) is 92.4 Å². The Morgan fingerprint density at radius 2 is 2.03 bits per heavy atom. The fourth-order valence-corrected chi connectivity index (χ4v) is 5.28. The molecule has 1 aliphatic rings. The highest BCUT2D eigenvalue weighted by Gasteiger charge is 2.28. The van der Waals surface area contributed by atoms with Crippen LogP contribution in [0.1, 0.15) is 66.9 Å². The van der Waals surface area contributed by atoms with Crippen LogP contribution in [0.15, 0.2) is 53.1 Å². The second kappa shape index (κ2) is 12.2. The highest BCUT2D eigenvalue weighted by molar-refractivity contribution is 8.11. The number of hydrogen-bond donors (Lipinski definition) is 2. The van der Waals surface area contributed by atoms with Crippen molar-refractivity contribution in [1.29, 1.82) is 0 Å². The molecule has 1 aliphatic heterocycles. The number of fused-ring (bicyclic) bond motifs is 1. The van der Waals surface area contributed by atoms with Gasteiger partial charge in [0.15, 0.2) is 11.5 Å². The minimum atomic E-state index is -0.526. The molecule has 2 aromatic heterocycles. The number of amides is 1. The summed E-state index contributed by atoms with van der Waals surface area (Å²) in [5.41, 5.74) is 2.47. The van der Waals surface area contributed by atoms with E-state index in [1.54, 1.807) is 22.9 Å². The number of piperidine rings is 1. The number of likely N-dealkylation sites (tertiary alicyclic amines) is 1. The minimum Gasteiger partial charge on any atom is -0.456 e. The van der Waals surface area contributed by atoms with Crippen LogP contribution in [0.5, 0.6) is 11.5 Å². The first kappa shape index (κ1) is 28.5. The van der Waals surface area contributed by atoms with Crippen molar-refractivity contribution < 1.29 is 14.3 Å². The van der Waals surface area contributed by atoms with Gasteiger partial charge in [-0.2, -0.15) is 5.10 Å². The number of benzene rings is 1. The van der Waals surface area contributed by atoms with Crippen LogP contribution in [0.4, 0.5) is 10.6 Å². The molecule has 0 bridgehead atoms. The summed E-state index contributed by atoms with van der Waals surface area (Å²) in [5.74, 6) is 2.05. The molecule has 3 aromatic rings. The third-order valence-corrected chi connectivity index (χ3v) is 7.69. The lowest BCUT2D eigenvalue weighted by molar-refractivity contribution is 0.0206. The van der Waals surface area contributed by atoms with E-state index in [4.69, 9.17) is 9.47 Å². The van der Waals surface area contributed by atoms with Crippen LogP contribution in [-0.4, -0.2) is 50.9 Å². The number of aromatic nitrogens is 3. The molecule has 0 aliphatic carbocycles. The number of rotatable bonds is 7. The number of nitrogens with one attached hydrogen (secondary N) is 2. The number of hydrogen-bond acceptors (Lipinski definition) is 7. The Balaban J connectivity index is 1.56. The summed E-state index contributed by atoms with van der Waals surface area (Å²) in [5, 5.41) is 11.8. The third kappa shape index (κ3) is 7.35. The predicted molar refractivity (Wildman–Crippen MR) is 160 cm³/mol. The Bertz CT molecular complexity index is 1380. The van der Waals surface area contributed by atoms with Crippen molar-refractivity contribution in [3.8, 4) is 11.5 Å². The fraction of sp³-hybridized carbons (Fsp3) is 0.433. The minimum absolute atomic E-state index is 0.0289. The van der Waals surface area contributed by atoms with Crippen LogP contribution in [0, 0.1) is 0 Å². The standard InChI is InChI=1S/C30H39N5O3S/c1-8-20(4)39-26(19(2)3)21-11-9-13-23(17-21)37-24-14-15-31-27-25(24)28(34-33-27)32-22-12-10-16-35(18-22)29(36)38-30(5,6)7/h8-9,11,13-15,17,22H,10,12,16,18H2,1-7H3,(H2,31,32,33,34)/b20-8-. The Morgan fingerprint density at radius 1 is 1.23 bits per heavy atom. The van der Waals surface area contributed by atoms with Crippen LogP contribution in [-0.2, 0) is 4.74 Å². The van der Waals surface area contributed by atoms with Crippen LogP contribution in [0.2, 0.25) is 0 Å². The zero-order chi connectivity index (χ0) is 28.2. The lowest BCUT2D eigenvalue weighted by Gasteiger charge is -2.34. The Morgan fingerprint density at radius 3 is 2.74 bits per heavy atom. The van der Waals surface area contributed by atoms with E-state index >= 15 is 0 Å². The van der Waals surface area contributed by atoms with E-state index in [0.29, 0.717) is 30.3 Å². The number of H-pyrrole nitrogens is 1. The van der Waals surface area contributed by atoms with Gasteiger partial charge in [0.25, 0.3) is 0 Å². The van der Waals surface area contributed by atoms with Crippen molar-refractivity contribution in [1.82, 2.24) is 20.1 Å². The fourth-order valence-electron chi connectivity index (χ4n) is 4.39. The number of anilines is 1. The van der Waals surface area contributed by atoms with Gasteiger partial charge >= 0.3 is 6.09 Å². The zero-order valence-corrected chi connectivity index (χ0v) is 24.7. The first-order valence-electron chi connectivity index (χ1n) is 13.4. The molecule has 1 fully saturated rings. The van der Waals surface area contributed by atoms with Crippen LogP contribution < -0.4 is 10.1 Å². The number of pyridine rings is 1. The first-order chi connectivity index (χ1) is 18.5. The molecule has 0 radical (unpaired) electrons. The lowest BCUT2D eigenvalue weighted by Crippen LogP contribution is -2.47. The van der Waals surface area contributed by atoms with Gasteiger partial charge in [-0.15, -0.1) is 0 Å². The van der Waals surface area contributed by atoms with Gasteiger partial charge in [0.05, 0.1) is 0 Å². The monoisotopic (exact) mass is 549 g/mol. The molecule has 1 unspecified atom stereocenters. The van der Waals surface area contributed by atoms with Gasteiger partial charge < -0.3 is 19.7 Å². The summed E-state index contributed by atoms with van der Waals surface area (Å²) < 4.78 is 12.0. The molecule has 39 heavy (non-hydrogen) atoms. The summed E-state index contributed by atoms with van der Waals surface area (Å²) in [6, 6.07) is 10.0. The quantitative estimate of drug-likeness (QED) is 0.309. The van der Waals surface area contributed by atoms with Gasteiger partial charge in [-0.1, -0.05) is 35.5 Å². The largest absolute Gasteiger partial charge is 0.456 e. The molecule has 4 rings (SSSR count). The zero-order valence-electron chi connectivity index (χ0n) is 23.9. The van der Waals surface area contributed by atoms with Crippen molar-refractivity contribution in [2.75, 3.05) is 18.4 Å². The maximum atomic E-state index is 12.6. The molecule has 1 amide bonds. The number of nitrogens with zero attached hydrogens (tertiary/aromatic N) is 3. The van der Waals surface area contributed by atoms with E-state index in [2.05, 4.69) is 66.4 Å². The van der Waals surface area contributed by atoms with Gasteiger partial charge in [-0.3, -0.25) is 5.10 Å². The second-order valence-electron chi connectivity index (χ2n) is 11.0. The van der Waals surface area contributed by atoms with Crippen LogP contribution >= 0.6 is 11.8 Å². The number of aromatic amines is 1. The highest BCUT2D eigenvalue weighted by Crippen LogP contribution is 2.39. The van der Waals surface area contributed by atoms with E-state index < -0.39 is 5.60 Å². The molecule has 3 heterocycles. The molecule has 0 spiro atoms. The molecule has 8 nitrogen and oxygen atoms in total. The molecule has 1 atom stereocenters. The summed E-state index contributed by atoms with van der Waals surface area (Å²) in [7, 11) is 0. The molecular weight excluding hydrogens is 510 g/mol. The normalized spacial score (nSPS) is 16.2. The third-order valence-electron chi connectivity index (χ3n) is 6.28. The van der Waals surface area contributed by atoms with Crippen molar-refractivity contribution in [3.05, 3.63) is 58.6 Å². The average molecular weight is 550 g/mol. The van der Waals surface area contributed by atoms with Crippen molar-refractivity contribution in [3.63, 3.8) is 0 Å². The molecule has 9 heteroatoms. The first-order valence-corrected chi connectivity index (χ1v) is 14.2. The van der Waals surface area contributed by atoms with Crippen molar-refractivity contribution >= 4 is 39.6 Å². The number of allylic oxidation sites excluding steroid dienone is 3. The average Bonchev–Trinajstić information content (AvgIpc) is 3.30. The highest BCUT2D eigenvalue weighted by atomic mass is 32.2. The Kier molecular flexibility index (Phi) is 8.90. The molecule has 1 saturated heterocycles. The lowest BCUT2D eigenvalue weighted by atomic mass is 10.1. The van der Waals surface area contributed by atoms with Crippen LogP contribution in [0.25, 0.3) is 15.9 Å². The Hall–Kier alpha value is -3.46. The number of ether oxygens (including phenoxy) is 2. The summed E-state index contributed by atoms with van der Waals surface area (Å²) in [4.78, 5) is 21.3. The van der Waals surface area contributed by atoms with E-state index in [1.807, 2.05) is 39.0 Å². The van der Waals surface area contributed by atoms with Gasteiger partial charge in [0.2, 0.25) is 0 Å². The number of carbonyl (C=O) groups is 1. The maximum absolute atomic E-state index is 12.6. The van der Waals surface area contributed by atoms with Crippen LogP contribution in [0.3, 0.4) is 0 Å². The van der Waals surface area contributed by atoms with Crippen molar-refractivity contribution in [2.45, 2.75) is 73.0 Å². The summed E-state index contributed by atoms with van der Waals surface area (Å²) >= 11 is 1.76. The summed E-state index contributed by atoms with van der Waals surface area (Å²) in [6.45, 7) is 15.3. The molecular formula is C30H39N5O3S. The molecule has 1 aromatic carbocycles. The number of thioether (sulfide) groups is 1.